The van der Waals surface area contributed by atoms with Crippen molar-refractivity contribution >= 4 is 46.5 Å². The molecule has 2 aliphatic rings. The molecule has 1 fully saturated rings. The molecule has 32 heavy (non-hydrogen) atoms. The van der Waals surface area contributed by atoms with E-state index in [0.717, 1.165) is 0 Å². The van der Waals surface area contributed by atoms with Gasteiger partial charge in [-0.1, -0.05) is 48.5 Å². The molecule has 0 aromatic heterocycles. The minimum Gasteiger partial charge on any atom is -0.322 e. The van der Waals surface area contributed by atoms with Crippen molar-refractivity contribution in [3.8, 4) is 0 Å². The van der Waals surface area contributed by atoms with Crippen LogP contribution in [0.15, 0.2) is 78.9 Å². The molecule has 1 atom stereocenters. The Bertz CT molecular complexity index is 1240. The second-order valence-electron chi connectivity index (χ2n) is 7.43. The van der Waals surface area contributed by atoms with E-state index in [1.165, 1.54) is 39.8 Å². The summed E-state index contributed by atoms with van der Waals surface area (Å²) in [5, 5.41) is 2.52. The van der Waals surface area contributed by atoms with Gasteiger partial charge in [0.1, 0.15) is 12.4 Å². The third kappa shape index (κ3) is 3.06. The van der Waals surface area contributed by atoms with Crippen LogP contribution in [0.1, 0.15) is 5.56 Å². The summed E-state index contributed by atoms with van der Waals surface area (Å²) in [4.78, 5) is 41.1. The molecule has 1 unspecified atom stereocenters. The summed E-state index contributed by atoms with van der Waals surface area (Å²) >= 11 is 1.24. The van der Waals surface area contributed by atoms with E-state index in [4.69, 9.17) is 0 Å². The van der Waals surface area contributed by atoms with Crippen molar-refractivity contribution < 1.29 is 18.8 Å². The summed E-state index contributed by atoms with van der Waals surface area (Å²) in [6.07, 6.45) is 0. The Morgan fingerprint density at radius 2 is 1.66 bits per heavy atom. The first-order valence-corrected chi connectivity index (χ1v) is 11.0. The zero-order chi connectivity index (χ0) is 22.3. The quantitative estimate of drug-likeness (QED) is 0.662. The molecule has 5 rings (SSSR count). The number of hydrogen-bond donors (Lipinski definition) is 1. The molecule has 2 aliphatic heterocycles. The third-order valence-corrected chi connectivity index (χ3v) is 6.91. The Labute approximate surface area is 188 Å². The molecule has 1 saturated heterocycles. The molecule has 8 heteroatoms. The van der Waals surface area contributed by atoms with Crippen molar-refractivity contribution in [3.05, 3.63) is 90.2 Å². The molecule has 6 nitrogen and oxygen atoms in total. The van der Waals surface area contributed by atoms with Crippen LogP contribution in [0.4, 0.5) is 21.5 Å². The van der Waals surface area contributed by atoms with Crippen molar-refractivity contribution in [1.29, 1.82) is 0 Å². The van der Waals surface area contributed by atoms with Crippen molar-refractivity contribution in [1.82, 2.24) is 0 Å². The monoisotopic (exact) mass is 447 g/mol. The van der Waals surface area contributed by atoms with E-state index in [0.29, 0.717) is 16.9 Å². The fourth-order valence-electron chi connectivity index (χ4n) is 4.19. The Balaban J connectivity index is 1.52. The summed E-state index contributed by atoms with van der Waals surface area (Å²) in [5.41, 5.74) is 1.87. The number of rotatable bonds is 4. The van der Waals surface area contributed by atoms with Gasteiger partial charge in [-0.2, -0.15) is 0 Å². The van der Waals surface area contributed by atoms with E-state index in [1.54, 1.807) is 30.3 Å². The highest BCUT2D eigenvalue weighted by atomic mass is 32.2. The van der Waals surface area contributed by atoms with Gasteiger partial charge in [0.15, 0.2) is 0 Å². The number of hydrogen-bond acceptors (Lipinski definition) is 4. The number of para-hydroxylation sites is 3. The lowest BCUT2D eigenvalue weighted by Gasteiger charge is -2.33. The molecule has 0 radical (unpaired) electrons. The summed E-state index contributed by atoms with van der Waals surface area (Å²) in [7, 11) is 0. The highest BCUT2D eigenvalue weighted by molar-refractivity contribution is 8.02. The first-order chi connectivity index (χ1) is 15.5. The number of carbonyl (C=O) groups is 3. The number of carbonyl (C=O) groups excluding carboxylic acids is 3. The number of anilines is 3. The predicted molar refractivity (Wildman–Crippen MR) is 122 cm³/mol. The average Bonchev–Trinajstić information content (AvgIpc) is 3.27. The van der Waals surface area contributed by atoms with E-state index < -0.39 is 16.6 Å². The summed E-state index contributed by atoms with van der Waals surface area (Å²) in [6.45, 7) is -0.302. The van der Waals surface area contributed by atoms with E-state index in [2.05, 4.69) is 5.32 Å². The average molecular weight is 447 g/mol. The maximum atomic E-state index is 14.0. The number of benzene rings is 3. The van der Waals surface area contributed by atoms with Gasteiger partial charge in [-0.3, -0.25) is 24.2 Å². The number of amides is 3. The standard InChI is InChI=1S/C24H18FN3O3S/c25-18-11-5-6-12-19(18)26-21(29)14-27-20-13-7-4-10-17(20)24(23(27)31)28(22(30)15-32-24)16-8-2-1-3-9-16/h1-13H,14-15H2,(H,26,29). The lowest BCUT2D eigenvalue weighted by Crippen LogP contribution is -2.50. The second-order valence-corrected chi connectivity index (χ2v) is 8.60. The minimum atomic E-state index is -1.28. The third-order valence-electron chi connectivity index (χ3n) is 5.53. The van der Waals surface area contributed by atoms with Crippen LogP contribution >= 0.6 is 11.8 Å². The first kappa shape index (κ1) is 20.3. The van der Waals surface area contributed by atoms with Crippen molar-refractivity contribution in [2.24, 2.45) is 0 Å². The molecule has 0 bridgehead atoms. The summed E-state index contributed by atoms with van der Waals surface area (Å²) < 4.78 is 14.0. The van der Waals surface area contributed by atoms with Crippen LogP contribution in [0, 0.1) is 5.82 Å². The summed E-state index contributed by atoms with van der Waals surface area (Å²) in [5.74, 6) is -1.50. The molecule has 1 spiro atoms. The Morgan fingerprint density at radius 1 is 0.969 bits per heavy atom. The number of fused-ring (bicyclic) bond motifs is 2. The van der Waals surface area contributed by atoms with Crippen LogP contribution in [0.2, 0.25) is 0 Å². The zero-order valence-electron chi connectivity index (χ0n) is 16.8. The second kappa shape index (κ2) is 7.80. The molecule has 3 aromatic rings. The Kier molecular flexibility index (Phi) is 4.94. The van der Waals surface area contributed by atoms with E-state index >= 15 is 0 Å². The van der Waals surface area contributed by atoms with Crippen molar-refractivity contribution in [3.63, 3.8) is 0 Å². The SMILES string of the molecule is O=C(CN1C(=O)C2(SCC(=O)N2c2ccccc2)c2ccccc21)Nc1ccccc1F. The number of thioether (sulfide) groups is 1. The molecule has 3 amide bonds. The highest BCUT2D eigenvalue weighted by Gasteiger charge is 2.61. The topological polar surface area (TPSA) is 69.7 Å². The lowest BCUT2D eigenvalue weighted by molar-refractivity contribution is -0.124. The zero-order valence-corrected chi connectivity index (χ0v) is 17.6. The molecule has 0 aliphatic carbocycles. The van der Waals surface area contributed by atoms with Crippen molar-refractivity contribution in [2.45, 2.75) is 4.87 Å². The first-order valence-electron chi connectivity index (χ1n) is 10.0. The maximum Gasteiger partial charge on any atom is 0.269 e. The molecule has 160 valence electrons. The van der Waals surface area contributed by atoms with Gasteiger partial charge < -0.3 is 5.32 Å². The Hall–Kier alpha value is -3.65. The van der Waals surface area contributed by atoms with E-state index in [9.17, 15) is 18.8 Å². The lowest BCUT2D eigenvalue weighted by atomic mass is 10.0. The minimum absolute atomic E-state index is 0.0449. The largest absolute Gasteiger partial charge is 0.322 e. The summed E-state index contributed by atoms with van der Waals surface area (Å²) in [6, 6.07) is 22.0. The smallest absolute Gasteiger partial charge is 0.269 e. The molecule has 2 heterocycles. The van der Waals surface area contributed by atoms with Crippen LogP contribution in [0.3, 0.4) is 0 Å². The molecule has 0 saturated carbocycles. The number of halogens is 1. The van der Waals surface area contributed by atoms with Crippen LogP contribution in [0.5, 0.6) is 0 Å². The van der Waals surface area contributed by atoms with Gasteiger partial charge in [-0.15, -0.1) is 11.8 Å². The van der Waals surface area contributed by atoms with Crippen molar-refractivity contribution in [2.75, 3.05) is 27.4 Å². The van der Waals surface area contributed by atoms with Gasteiger partial charge in [0.05, 0.1) is 17.1 Å². The van der Waals surface area contributed by atoms with Gasteiger partial charge in [0, 0.05) is 11.3 Å². The van der Waals surface area contributed by atoms with Gasteiger partial charge >= 0.3 is 0 Å². The maximum absolute atomic E-state index is 14.0. The Morgan fingerprint density at radius 3 is 2.44 bits per heavy atom. The number of nitrogens with zero attached hydrogens (tertiary/aromatic N) is 2. The van der Waals surface area contributed by atoms with Crippen LogP contribution in [0.25, 0.3) is 0 Å². The predicted octanol–water partition coefficient (Wildman–Crippen LogP) is 3.74. The van der Waals surface area contributed by atoms with Crippen LogP contribution in [-0.4, -0.2) is 30.0 Å². The van der Waals surface area contributed by atoms with Gasteiger partial charge in [-0.25, -0.2) is 4.39 Å². The molecular formula is C24H18FN3O3S. The fraction of sp³-hybridized carbons (Fsp3) is 0.125. The van der Waals surface area contributed by atoms with Gasteiger partial charge in [0.2, 0.25) is 16.7 Å². The van der Waals surface area contributed by atoms with E-state index in [-0.39, 0.29) is 29.8 Å². The highest BCUT2D eigenvalue weighted by Crippen LogP contribution is 2.55. The van der Waals surface area contributed by atoms with Gasteiger partial charge in [-0.05, 0) is 30.3 Å². The molecular weight excluding hydrogens is 429 g/mol. The normalized spacial score (nSPS) is 19.5. The van der Waals surface area contributed by atoms with Crippen LogP contribution in [-0.2, 0) is 19.3 Å². The fourth-order valence-corrected chi connectivity index (χ4v) is 5.54. The molecule has 3 aromatic carbocycles. The van der Waals surface area contributed by atoms with Gasteiger partial charge in [0.25, 0.3) is 5.91 Å². The van der Waals surface area contributed by atoms with Crippen LogP contribution < -0.4 is 15.1 Å². The molecule has 1 N–H and O–H groups in total. The number of nitrogens with one attached hydrogen (secondary N) is 1. The van der Waals surface area contributed by atoms with E-state index in [1.807, 2.05) is 30.3 Å².